The van der Waals surface area contributed by atoms with E-state index in [-0.39, 0.29) is 5.91 Å². The van der Waals surface area contributed by atoms with E-state index in [9.17, 15) is 9.59 Å². The van der Waals surface area contributed by atoms with Crippen LogP contribution in [0.15, 0.2) is 36.7 Å². The molecule has 2 N–H and O–H groups in total. The zero-order valence-electron chi connectivity index (χ0n) is 12.6. The lowest BCUT2D eigenvalue weighted by Crippen LogP contribution is -2.36. The summed E-state index contributed by atoms with van der Waals surface area (Å²) in [5.41, 5.74) is 1.59. The van der Waals surface area contributed by atoms with E-state index in [1.807, 2.05) is 19.1 Å². The number of anilines is 2. The normalized spacial score (nSPS) is 16.7. The molecule has 1 saturated heterocycles. The Kier molecular flexibility index (Phi) is 4.18. The van der Waals surface area contributed by atoms with E-state index in [4.69, 9.17) is 4.74 Å². The fourth-order valence-corrected chi connectivity index (χ4v) is 2.29. The van der Waals surface area contributed by atoms with E-state index in [1.165, 1.54) is 6.33 Å². The van der Waals surface area contributed by atoms with Crippen LogP contribution in [0.25, 0.3) is 0 Å². The van der Waals surface area contributed by atoms with Crippen molar-refractivity contribution in [1.29, 1.82) is 0 Å². The van der Waals surface area contributed by atoms with Crippen molar-refractivity contribution in [3.05, 3.63) is 42.4 Å². The molecule has 7 heteroatoms. The number of aryl methyl sites for hydroxylation is 1. The van der Waals surface area contributed by atoms with Gasteiger partial charge in [-0.3, -0.25) is 4.79 Å². The van der Waals surface area contributed by atoms with Gasteiger partial charge in [-0.25, -0.2) is 14.8 Å². The van der Waals surface area contributed by atoms with Gasteiger partial charge in [0.25, 0.3) is 0 Å². The number of hydrogen-bond donors (Lipinski definition) is 2. The molecule has 1 aliphatic heterocycles. The molecular weight excluding hydrogens is 296 g/mol. The Morgan fingerprint density at radius 2 is 2.22 bits per heavy atom. The highest BCUT2D eigenvalue weighted by Crippen LogP contribution is 2.21. The number of hydrogen-bond acceptors (Lipinski definition) is 6. The topological polar surface area (TPSA) is 93.2 Å². The average Bonchev–Trinajstić information content (AvgIpc) is 2.94. The highest BCUT2D eigenvalue weighted by molar-refractivity contribution is 5.89. The van der Waals surface area contributed by atoms with Crippen LogP contribution in [0.4, 0.5) is 11.5 Å². The average molecular weight is 312 g/mol. The number of ether oxygens (including phenoxy) is 1. The molecular formula is C16H16N4O3. The molecule has 23 heavy (non-hydrogen) atoms. The largest absolute Gasteiger partial charge is 0.425 e. The first-order valence-electron chi connectivity index (χ1n) is 7.27. The molecule has 0 spiro atoms. The fraction of sp³-hybridized carbons (Fsp3) is 0.250. The van der Waals surface area contributed by atoms with Gasteiger partial charge in [-0.2, -0.15) is 0 Å². The van der Waals surface area contributed by atoms with E-state index < -0.39 is 12.0 Å². The summed E-state index contributed by atoms with van der Waals surface area (Å²) in [6, 6.07) is 8.24. The van der Waals surface area contributed by atoms with Crippen molar-refractivity contribution in [2.24, 2.45) is 0 Å². The molecule has 1 fully saturated rings. The smallest absolute Gasteiger partial charge is 0.334 e. The number of amides is 1. The van der Waals surface area contributed by atoms with Crippen LogP contribution >= 0.6 is 0 Å². The van der Waals surface area contributed by atoms with Crippen LogP contribution in [0, 0.1) is 6.92 Å². The van der Waals surface area contributed by atoms with Crippen molar-refractivity contribution in [1.82, 2.24) is 15.3 Å². The first-order chi connectivity index (χ1) is 11.1. The Morgan fingerprint density at radius 1 is 1.35 bits per heavy atom. The van der Waals surface area contributed by atoms with Crippen LogP contribution in [0.2, 0.25) is 0 Å². The molecule has 0 radical (unpaired) electrons. The molecule has 0 saturated carbocycles. The molecule has 1 atom stereocenters. The number of benzene rings is 1. The molecule has 1 aromatic heterocycles. The van der Waals surface area contributed by atoms with Gasteiger partial charge in [0, 0.05) is 29.9 Å². The van der Waals surface area contributed by atoms with Crippen molar-refractivity contribution in [3.8, 4) is 5.75 Å². The maximum Gasteiger partial charge on any atom is 0.334 e. The number of carbonyl (C=O) groups is 2. The minimum Gasteiger partial charge on any atom is -0.425 e. The van der Waals surface area contributed by atoms with Crippen LogP contribution in [0.5, 0.6) is 5.75 Å². The Bertz CT molecular complexity index is 748. The molecule has 7 nitrogen and oxygen atoms in total. The maximum absolute atomic E-state index is 12.0. The van der Waals surface area contributed by atoms with Crippen molar-refractivity contribution in [2.75, 3.05) is 5.32 Å². The number of nitrogens with one attached hydrogen (secondary N) is 2. The summed E-state index contributed by atoms with van der Waals surface area (Å²) in [6.07, 6.45) is 2.30. The van der Waals surface area contributed by atoms with Gasteiger partial charge in [0.05, 0.1) is 0 Å². The first-order valence-corrected chi connectivity index (χ1v) is 7.27. The third-order valence-electron chi connectivity index (χ3n) is 3.41. The zero-order chi connectivity index (χ0) is 16.2. The molecule has 2 aromatic rings. The van der Waals surface area contributed by atoms with E-state index >= 15 is 0 Å². The SMILES string of the molecule is Cc1cc(Nc2cccc(OC(=O)C3CCC(=O)N3)c2)ncn1. The van der Waals surface area contributed by atoms with Crippen molar-refractivity contribution >= 4 is 23.4 Å². The number of aromatic nitrogens is 2. The van der Waals surface area contributed by atoms with E-state index in [0.29, 0.717) is 24.4 Å². The summed E-state index contributed by atoms with van der Waals surface area (Å²) >= 11 is 0. The highest BCUT2D eigenvalue weighted by atomic mass is 16.5. The zero-order valence-corrected chi connectivity index (χ0v) is 12.6. The summed E-state index contributed by atoms with van der Waals surface area (Å²) < 4.78 is 5.32. The Balaban J connectivity index is 1.67. The molecule has 1 unspecified atom stereocenters. The predicted molar refractivity (Wildman–Crippen MR) is 83.3 cm³/mol. The highest BCUT2D eigenvalue weighted by Gasteiger charge is 2.28. The lowest BCUT2D eigenvalue weighted by Gasteiger charge is -2.11. The lowest BCUT2D eigenvalue weighted by atomic mass is 10.2. The molecule has 3 rings (SSSR count). The Hall–Kier alpha value is -2.96. The van der Waals surface area contributed by atoms with Crippen LogP contribution in [0.3, 0.4) is 0 Å². The van der Waals surface area contributed by atoms with Gasteiger partial charge in [0.1, 0.15) is 23.9 Å². The summed E-state index contributed by atoms with van der Waals surface area (Å²) in [5, 5.41) is 5.71. The van der Waals surface area contributed by atoms with Crippen molar-refractivity contribution in [3.63, 3.8) is 0 Å². The lowest BCUT2D eigenvalue weighted by molar-refractivity contribution is -0.137. The van der Waals surface area contributed by atoms with Gasteiger partial charge in [-0.1, -0.05) is 6.07 Å². The van der Waals surface area contributed by atoms with E-state index in [1.54, 1.807) is 18.2 Å². The molecule has 118 valence electrons. The fourth-order valence-electron chi connectivity index (χ4n) is 2.29. The third-order valence-corrected chi connectivity index (χ3v) is 3.41. The minimum atomic E-state index is -0.566. The first kappa shape index (κ1) is 15.0. The summed E-state index contributed by atoms with van der Waals surface area (Å²) in [5.74, 6) is 0.489. The predicted octanol–water partition coefficient (Wildman–Crippen LogP) is 1.71. The van der Waals surface area contributed by atoms with Crippen LogP contribution in [-0.2, 0) is 9.59 Å². The van der Waals surface area contributed by atoms with Crippen LogP contribution < -0.4 is 15.4 Å². The second-order valence-electron chi connectivity index (χ2n) is 5.28. The molecule has 2 heterocycles. The Labute approximate surface area is 133 Å². The van der Waals surface area contributed by atoms with Crippen LogP contribution in [0.1, 0.15) is 18.5 Å². The summed E-state index contributed by atoms with van der Waals surface area (Å²) in [7, 11) is 0. The molecule has 1 amide bonds. The second kappa shape index (κ2) is 6.43. The third kappa shape index (κ3) is 3.82. The minimum absolute atomic E-state index is 0.124. The van der Waals surface area contributed by atoms with Gasteiger partial charge in [-0.05, 0) is 25.5 Å². The number of nitrogens with zero attached hydrogens (tertiary/aromatic N) is 2. The van der Waals surface area contributed by atoms with Crippen LogP contribution in [-0.4, -0.2) is 27.9 Å². The number of carbonyl (C=O) groups excluding carboxylic acids is 2. The summed E-state index contributed by atoms with van der Waals surface area (Å²) in [4.78, 5) is 31.3. The van der Waals surface area contributed by atoms with Gasteiger partial charge in [-0.15, -0.1) is 0 Å². The summed E-state index contributed by atoms with van der Waals surface area (Å²) in [6.45, 7) is 1.88. The monoisotopic (exact) mass is 312 g/mol. The van der Waals surface area contributed by atoms with Gasteiger partial charge in [0.2, 0.25) is 5.91 Å². The Morgan fingerprint density at radius 3 is 2.96 bits per heavy atom. The van der Waals surface area contributed by atoms with E-state index in [2.05, 4.69) is 20.6 Å². The van der Waals surface area contributed by atoms with Gasteiger partial charge in [0.15, 0.2) is 0 Å². The molecule has 1 aliphatic rings. The van der Waals surface area contributed by atoms with Gasteiger partial charge < -0.3 is 15.4 Å². The quantitative estimate of drug-likeness (QED) is 0.659. The molecule has 0 aliphatic carbocycles. The van der Waals surface area contributed by atoms with Gasteiger partial charge >= 0.3 is 5.97 Å². The standard InChI is InChI=1S/C16H16N4O3/c1-10-7-14(18-9-17-10)19-11-3-2-4-12(8-11)23-16(22)13-5-6-15(21)20-13/h2-4,7-9,13H,5-6H2,1H3,(H,20,21)(H,17,18,19). The van der Waals surface area contributed by atoms with Crippen molar-refractivity contribution in [2.45, 2.75) is 25.8 Å². The second-order valence-corrected chi connectivity index (χ2v) is 5.28. The van der Waals surface area contributed by atoms with Crippen molar-refractivity contribution < 1.29 is 14.3 Å². The maximum atomic E-state index is 12.0. The number of esters is 1. The molecule has 0 bridgehead atoms. The molecule has 1 aromatic carbocycles. The number of rotatable bonds is 4. The van der Waals surface area contributed by atoms with E-state index in [0.717, 1.165) is 11.4 Å².